The van der Waals surface area contributed by atoms with Crippen LogP contribution in [0.5, 0.6) is 0 Å². The number of amides is 2. The molecular formula is C22H29N5O3. The summed E-state index contributed by atoms with van der Waals surface area (Å²) >= 11 is 0. The van der Waals surface area contributed by atoms with E-state index in [9.17, 15) is 14.7 Å². The fraction of sp³-hybridized carbons (Fsp3) is 0.500. The number of carbonyl (C=O) groups excluding carboxylic acids is 2. The van der Waals surface area contributed by atoms with Gasteiger partial charge >= 0.3 is 0 Å². The second-order valence-corrected chi connectivity index (χ2v) is 8.25. The van der Waals surface area contributed by atoms with Gasteiger partial charge in [0.1, 0.15) is 6.54 Å². The van der Waals surface area contributed by atoms with E-state index in [1.54, 1.807) is 23.1 Å². The van der Waals surface area contributed by atoms with Gasteiger partial charge in [-0.25, -0.2) is 0 Å². The Labute approximate surface area is 176 Å². The standard InChI is InChI=1S/C22H29N5O3/c1-16-5-6-19-17(12-16)4-2-10-27(19)22(30)15-25-11-7-20(28)18(13-25)24-21(29)14-26-9-3-8-23-26/h3,5-6,8-9,12,18,20,28H,2,4,7,10-11,13-15H2,1H3,(H,24,29)/t18-,20+/m1/s1. The minimum atomic E-state index is -0.614. The van der Waals surface area contributed by atoms with E-state index in [1.165, 1.54) is 11.1 Å². The Balaban J connectivity index is 1.36. The van der Waals surface area contributed by atoms with Crippen molar-refractivity contribution in [2.75, 3.05) is 31.1 Å². The zero-order valence-electron chi connectivity index (χ0n) is 17.3. The third-order valence-corrected chi connectivity index (χ3v) is 5.89. The molecule has 0 bridgehead atoms. The maximum Gasteiger partial charge on any atom is 0.242 e. The minimum absolute atomic E-state index is 0.0674. The van der Waals surface area contributed by atoms with E-state index in [2.05, 4.69) is 23.4 Å². The summed E-state index contributed by atoms with van der Waals surface area (Å²) in [5.74, 6) is -0.130. The molecule has 0 unspecified atom stereocenters. The second kappa shape index (κ2) is 8.97. The van der Waals surface area contributed by atoms with Crippen molar-refractivity contribution in [1.82, 2.24) is 20.0 Å². The Kier molecular flexibility index (Phi) is 6.15. The van der Waals surface area contributed by atoms with Crippen LogP contribution in [0.4, 0.5) is 5.69 Å². The number of nitrogens with zero attached hydrogens (tertiary/aromatic N) is 4. The van der Waals surface area contributed by atoms with Gasteiger partial charge in [-0.1, -0.05) is 17.7 Å². The lowest BCUT2D eigenvalue weighted by molar-refractivity contribution is -0.124. The van der Waals surface area contributed by atoms with Crippen LogP contribution < -0.4 is 10.2 Å². The van der Waals surface area contributed by atoms with Crippen molar-refractivity contribution in [3.63, 3.8) is 0 Å². The molecule has 160 valence electrons. The molecule has 0 spiro atoms. The zero-order chi connectivity index (χ0) is 21.1. The number of hydrogen-bond donors (Lipinski definition) is 2. The van der Waals surface area contributed by atoms with Crippen LogP contribution in [0.3, 0.4) is 0 Å². The SMILES string of the molecule is Cc1ccc2c(c1)CCCN2C(=O)CN1CC[C@H](O)[C@H](NC(=O)Cn2cccn2)C1. The summed E-state index contributed by atoms with van der Waals surface area (Å²) < 4.78 is 1.54. The Morgan fingerprint density at radius 2 is 2.13 bits per heavy atom. The smallest absolute Gasteiger partial charge is 0.242 e. The maximum absolute atomic E-state index is 13.1. The molecule has 1 aromatic carbocycles. The maximum atomic E-state index is 13.1. The van der Waals surface area contributed by atoms with Crippen LogP contribution >= 0.6 is 0 Å². The van der Waals surface area contributed by atoms with Gasteiger partial charge in [0.2, 0.25) is 11.8 Å². The first kappa shape index (κ1) is 20.6. The quantitative estimate of drug-likeness (QED) is 0.757. The lowest BCUT2D eigenvalue weighted by atomic mass is 9.99. The molecule has 0 radical (unpaired) electrons. The molecule has 1 fully saturated rings. The largest absolute Gasteiger partial charge is 0.391 e. The number of hydrogen-bond acceptors (Lipinski definition) is 5. The number of likely N-dealkylation sites (tertiary alicyclic amines) is 1. The van der Waals surface area contributed by atoms with Gasteiger partial charge < -0.3 is 15.3 Å². The van der Waals surface area contributed by atoms with E-state index in [1.807, 2.05) is 21.9 Å². The molecule has 2 N–H and O–H groups in total. The number of nitrogens with one attached hydrogen (secondary N) is 1. The Morgan fingerprint density at radius 3 is 2.93 bits per heavy atom. The van der Waals surface area contributed by atoms with Crippen molar-refractivity contribution in [3.05, 3.63) is 47.8 Å². The van der Waals surface area contributed by atoms with Crippen molar-refractivity contribution in [2.24, 2.45) is 0 Å². The molecule has 2 amide bonds. The summed E-state index contributed by atoms with van der Waals surface area (Å²) in [4.78, 5) is 29.3. The van der Waals surface area contributed by atoms with E-state index in [0.29, 0.717) is 19.5 Å². The number of carbonyl (C=O) groups is 2. The van der Waals surface area contributed by atoms with Crippen LogP contribution in [0.15, 0.2) is 36.7 Å². The van der Waals surface area contributed by atoms with Crippen molar-refractivity contribution >= 4 is 17.5 Å². The molecule has 2 aromatic rings. The van der Waals surface area contributed by atoms with Gasteiger partial charge in [0.05, 0.1) is 18.7 Å². The summed E-state index contributed by atoms with van der Waals surface area (Å²) in [5, 5.41) is 17.3. The summed E-state index contributed by atoms with van der Waals surface area (Å²) in [5.41, 5.74) is 3.45. The van der Waals surface area contributed by atoms with E-state index in [-0.39, 0.29) is 24.9 Å². The summed E-state index contributed by atoms with van der Waals surface area (Å²) in [6.45, 7) is 4.28. The van der Waals surface area contributed by atoms with Crippen LogP contribution in [0.25, 0.3) is 0 Å². The number of aliphatic hydroxyl groups is 1. The number of aryl methyl sites for hydroxylation is 2. The van der Waals surface area contributed by atoms with Crippen LogP contribution in [-0.2, 0) is 22.6 Å². The highest BCUT2D eigenvalue weighted by molar-refractivity contribution is 5.96. The van der Waals surface area contributed by atoms with Crippen molar-refractivity contribution < 1.29 is 14.7 Å². The van der Waals surface area contributed by atoms with E-state index in [0.717, 1.165) is 25.1 Å². The van der Waals surface area contributed by atoms with Gasteiger partial charge in [-0.2, -0.15) is 5.10 Å². The molecule has 3 heterocycles. The van der Waals surface area contributed by atoms with E-state index >= 15 is 0 Å². The highest BCUT2D eigenvalue weighted by Gasteiger charge is 2.31. The molecular weight excluding hydrogens is 382 g/mol. The summed E-state index contributed by atoms with van der Waals surface area (Å²) in [7, 11) is 0. The first-order valence-electron chi connectivity index (χ1n) is 10.6. The van der Waals surface area contributed by atoms with Gasteiger partial charge in [-0.05, 0) is 43.9 Å². The average molecular weight is 412 g/mol. The van der Waals surface area contributed by atoms with Gasteiger partial charge in [0.25, 0.3) is 0 Å². The monoisotopic (exact) mass is 411 g/mol. The van der Waals surface area contributed by atoms with Crippen molar-refractivity contribution in [1.29, 1.82) is 0 Å². The normalized spacial score (nSPS) is 21.9. The minimum Gasteiger partial charge on any atom is -0.391 e. The fourth-order valence-electron chi connectivity index (χ4n) is 4.35. The summed E-state index contributed by atoms with van der Waals surface area (Å²) in [6.07, 6.45) is 5.22. The fourth-order valence-corrected chi connectivity index (χ4v) is 4.35. The van der Waals surface area contributed by atoms with Gasteiger partial charge in [0, 0.05) is 37.7 Å². The average Bonchev–Trinajstić information content (AvgIpc) is 3.22. The first-order chi connectivity index (χ1) is 14.5. The van der Waals surface area contributed by atoms with Crippen molar-refractivity contribution in [2.45, 2.75) is 44.9 Å². The molecule has 30 heavy (non-hydrogen) atoms. The number of rotatable bonds is 5. The number of aliphatic hydroxyl groups excluding tert-OH is 1. The molecule has 1 saturated heterocycles. The number of aromatic nitrogens is 2. The predicted molar refractivity (Wildman–Crippen MR) is 113 cm³/mol. The molecule has 4 rings (SSSR count). The molecule has 1 aromatic heterocycles. The van der Waals surface area contributed by atoms with Crippen LogP contribution in [-0.4, -0.2) is 69.9 Å². The van der Waals surface area contributed by atoms with Gasteiger partial charge in [0.15, 0.2) is 0 Å². The lowest BCUT2D eigenvalue weighted by Gasteiger charge is -2.38. The number of piperidine rings is 1. The van der Waals surface area contributed by atoms with Crippen LogP contribution in [0.2, 0.25) is 0 Å². The topological polar surface area (TPSA) is 90.7 Å². The second-order valence-electron chi connectivity index (χ2n) is 8.25. The third-order valence-electron chi connectivity index (χ3n) is 5.89. The molecule has 0 aliphatic carbocycles. The highest BCUT2D eigenvalue weighted by atomic mass is 16.3. The molecule has 0 saturated carbocycles. The van der Waals surface area contributed by atoms with Gasteiger partial charge in [-0.3, -0.25) is 19.2 Å². The molecule has 2 aliphatic rings. The zero-order valence-corrected chi connectivity index (χ0v) is 17.3. The molecule has 2 aliphatic heterocycles. The number of anilines is 1. The Bertz CT molecular complexity index is 898. The summed E-state index contributed by atoms with van der Waals surface area (Å²) in [6, 6.07) is 7.62. The number of benzene rings is 1. The van der Waals surface area contributed by atoms with Crippen LogP contribution in [0.1, 0.15) is 24.0 Å². The number of fused-ring (bicyclic) bond motifs is 1. The van der Waals surface area contributed by atoms with E-state index < -0.39 is 12.1 Å². The Hall–Kier alpha value is -2.71. The highest BCUT2D eigenvalue weighted by Crippen LogP contribution is 2.28. The van der Waals surface area contributed by atoms with Gasteiger partial charge in [-0.15, -0.1) is 0 Å². The molecule has 8 heteroatoms. The van der Waals surface area contributed by atoms with Crippen molar-refractivity contribution in [3.8, 4) is 0 Å². The predicted octanol–water partition coefficient (Wildman–Crippen LogP) is 0.722. The molecule has 8 nitrogen and oxygen atoms in total. The lowest BCUT2D eigenvalue weighted by Crippen LogP contribution is -2.57. The van der Waals surface area contributed by atoms with E-state index in [4.69, 9.17) is 0 Å². The van der Waals surface area contributed by atoms with Crippen LogP contribution in [0, 0.1) is 6.92 Å². The Morgan fingerprint density at radius 1 is 1.27 bits per heavy atom. The third kappa shape index (κ3) is 4.71. The molecule has 2 atom stereocenters. The first-order valence-corrected chi connectivity index (χ1v) is 10.6.